The molecule has 0 saturated heterocycles. The normalized spacial score (nSPS) is 9.92. The van der Waals surface area contributed by atoms with Crippen LogP contribution < -0.4 is 4.57 Å². The zero-order chi connectivity index (χ0) is 9.14. The van der Waals surface area contributed by atoms with Gasteiger partial charge in [-0.1, -0.05) is 0 Å². The molecule has 0 spiro atoms. The average molecular weight is 190 g/mol. The van der Waals surface area contributed by atoms with Crippen LogP contribution in [0.1, 0.15) is 0 Å². The van der Waals surface area contributed by atoms with Gasteiger partial charge in [0.1, 0.15) is 6.20 Å². The van der Waals surface area contributed by atoms with E-state index in [0.717, 1.165) is 0 Å². The van der Waals surface area contributed by atoms with Crippen molar-refractivity contribution in [1.82, 2.24) is 4.57 Å². The lowest BCUT2D eigenvalue weighted by Gasteiger charge is -1.92. The van der Waals surface area contributed by atoms with E-state index in [9.17, 15) is 4.79 Å². The van der Waals surface area contributed by atoms with Crippen molar-refractivity contribution in [2.75, 3.05) is 7.11 Å². The van der Waals surface area contributed by atoms with E-state index in [1.54, 1.807) is 28.7 Å². The summed E-state index contributed by atoms with van der Waals surface area (Å²) in [4.78, 5) is 10.8. The van der Waals surface area contributed by atoms with Crippen LogP contribution >= 0.6 is 11.6 Å². The quantitative estimate of drug-likeness (QED) is 0.490. The minimum atomic E-state index is -0.290. The number of methoxy groups -OCH3 is 1. The standard InChI is InChI=1S/C7H10ClN2O2/c1-9-5-10(3-6(9)8)4-7(11)12-2/h3,5H,4H2,1-2H3/q+1. The van der Waals surface area contributed by atoms with Gasteiger partial charge >= 0.3 is 5.97 Å². The summed E-state index contributed by atoms with van der Waals surface area (Å²) in [5.74, 6) is -0.290. The number of hydrogen-bond donors (Lipinski definition) is 0. The van der Waals surface area contributed by atoms with Gasteiger partial charge in [0.25, 0.3) is 0 Å². The number of carbonyl (C=O) groups excluding carboxylic acids is 1. The van der Waals surface area contributed by atoms with Gasteiger partial charge < -0.3 is 4.74 Å². The van der Waals surface area contributed by atoms with Gasteiger partial charge in [-0.15, -0.1) is 0 Å². The highest BCUT2D eigenvalue weighted by Crippen LogP contribution is 2.01. The first-order chi connectivity index (χ1) is 5.63. The summed E-state index contributed by atoms with van der Waals surface area (Å²) < 4.78 is 7.86. The second-order valence-electron chi connectivity index (χ2n) is 2.43. The van der Waals surface area contributed by atoms with Gasteiger partial charge in [0, 0.05) is 0 Å². The summed E-state index contributed by atoms with van der Waals surface area (Å²) in [7, 11) is 3.16. The maximum absolute atomic E-state index is 10.8. The second-order valence-corrected chi connectivity index (χ2v) is 2.81. The lowest BCUT2D eigenvalue weighted by molar-refractivity contribution is -0.685. The van der Waals surface area contributed by atoms with E-state index in [1.807, 2.05) is 0 Å². The third kappa shape index (κ3) is 1.98. The number of carbonyl (C=O) groups is 1. The van der Waals surface area contributed by atoms with Crippen LogP contribution in [0.4, 0.5) is 0 Å². The number of ether oxygens (including phenoxy) is 1. The molecule has 1 heterocycles. The minimum absolute atomic E-state index is 0.192. The van der Waals surface area contributed by atoms with Gasteiger partial charge in [0.2, 0.25) is 11.5 Å². The van der Waals surface area contributed by atoms with Crippen LogP contribution in [0.15, 0.2) is 12.5 Å². The van der Waals surface area contributed by atoms with Gasteiger partial charge in [-0.25, -0.2) is 13.9 Å². The molecular formula is C7H10ClN2O2+. The molecule has 66 valence electrons. The zero-order valence-electron chi connectivity index (χ0n) is 6.95. The number of aryl methyl sites for hydroxylation is 1. The summed E-state index contributed by atoms with van der Waals surface area (Å²) in [6.45, 7) is 0.192. The number of esters is 1. The van der Waals surface area contributed by atoms with E-state index in [0.29, 0.717) is 5.15 Å². The molecule has 1 aromatic heterocycles. The maximum Gasteiger partial charge on any atom is 0.348 e. The first-order valence-electron chi connectivity index (χ1n) is 3.41. The summed E-state index contributed by atoms with van der Waals surface area (Å²) in [5.41, 5.74) is 0. The van der Waals surface area contributed by atoms with Gasteiger partial charge in [-0.05, 0) is 11.6 Å². The molecule has 0 saturated carbocycles. The van der Waals surface area contributed by atoms with Crippen molar-refractivity contribution in [2.24, 2.45) is 7.05 Å². The predicted molar refractivity (Wildman–Crippen MR) is 42.6 cm³/mol. The Morgan fingerprint density at radius 2 is 2.50 bits per heavy atom. The molecule has 0 amide bonds. The van der Waals surface area contributed by atoms with E-state index >= 15 is 0 Å². The summed E-state index contributed by atoms with van der Waals surface area (Å²) in [5, 5.41) is 0.582. The summed E-state index contributed by atoms with van der Waals surface area (Å²) in [6.07, 6.45) is 3.39. The largest absolute Gasteiger partial charge is 0.466 e. The molecule has 0 fully saturated rings. The Labute approximate surface area is 75.3 Å². The maximum atomic E-state index is 10.8. The molecule has 12 heavy (non-hydrogen) atoms. The first-order valence-corrected chi connectivity index (χ1v) is 3.79. The van der Waals surface area contributed by atoms with E-state index in [2.05, 4.69) is 4.74 Å². The van der Waals surface area contributed by atoms with Gasteiger partial charge in [-0.3, -0.25) is 0 Å². The van der Waals surface area contributed by atoms with Crippen LogP contribution in [0.3, 0.4) is 0 Å². The number of nitrogens with zero attached hydrogens (tertiary/aromatic N) is 2. The highest BCUT2D eigenvalue weighted by molar-refractivity contribution is 6.29. The molecular weight excluding hydrogens is 180 g/mol. The molecule has 0 aliphatic heterocycles. The van der Waals surface area contributed by atoms with Crippen LogP contribution in [-0.4, -0.2) is 17.6 Å². The molecule has 0 aliphatic rings. The fourth-order valence-corrected chi connectivity index (χ4v) is 1.01. The minimum Gasteiger partial charge on any atom is -0.466 e. The third-order valence-electron chi connectivity index (χ3n) is 1.47. The van der Waals surface area contributed by atoms with Crippen LogP contribution in [0.5, 0.6) is 0 Å². The van der Waals surface area contributed by atoms with Crippen LogP contribution in [0, 0.1) is 0 Å². The Morgan fingerprint density at radius 1 is 1.83 bits per heavy atom. The Balaban J connectivity index is 2.70. The number of rotatable bonds is 2. The van der Waals surface area contributed by atoms with Gasteiger partial charge in [-0.2, -0.15) is 0 Å². The van der Waals surface area contributed by atoms with Crippen molar-refractivity contribution < 1.29 is 14.1 Å². The molecule has 1 aromatic rings. The topological polar surface area (TPSA) is 35.1 Å². The van der Waals surface area contributed by atoms with E-state index in [-0.39, 0.29) is 12.5 Å². The molecule has 0 N–H and O–H groups in total. The van der Waals surface area contributed by atoms with E-state index in [4.69, 9.17) is 11.6 Å². The van der Waals surface area contributed by atoms with Gasteiger partial charge in [0.05, 0.1) is 14.2 Å². The van der Waals surface area contributed by atoms with Crippen molar-refractivity contribution in [1.29, 1.82) is 0 Å². The number of aromatic nitrogens is 2. The molecule has 5 heteroatoms. The van der Waals surface area contributed by atoms with Crippen molar-refractivity contribution in [3.63, 3.8) is 0 Å². The van der Waals surface area contributed by atoms with Crippen molar-refractivity contribution in [2.45, 2.75) is 6.54 Å². The molecule has 0 aromatic carbocycles. The van der Waals surface area contributed by atoms with Gasteiger partial charge in [0.15, 0.2) is 6.54 Å². The molecule has 0 radical (unpaired) electrons. The molecule has 0 unspecified atom stereocenters. The highest BCUT2D eigenvalue weighted by Gasteiger charge is 2.10. The third-order valence-corrected chi connectivity index (χ3v) is 1.83. The molecule has 0 bridgehead atoms. The average Bonchev–Trinajstić information content (AvgIpc) is 2.31. The second kappa shape index (κ2) is 3.58. The Morgan fingerprint density at radius 3 is 2.92 bits per heavy atom. The fraction of sp³-hybridized carbons (Fsp3) is 0.429. The first kappa shape index (κ1) is 9.06. The Kier molecular flexibility index (Phi) is 2.70. The lowest BCUT2D eigenvalue weighted by atomic mass is 10.6. The summed E-state index contributed by atoms with van der Waals surface area (Å²) in [6, 6.07) is 0. The molecule has 4 nitrogen and oxygen atoms in total. The van der Waals surface area contributed by atoms with Crippen LogP contribution in [-0.2, 0) is 23.1 Å². The number of halogens is 1. The zero-order valence-corrected chi connectivity index (χ0v) is 7.71. The lowest BCUT2D eigenvalue weighted by Crippen LogP contribution is -2.36. The number of imidazole rings is 1. The highest BCUT2D eigenvalue weighted by atomic mass is 35.5. The Bertz CT molecular complexity index is 276. The Hall–Kier alpha value is -1.03. The SMILES string of the molecule is COC(=O)C[n+]1cc(Cl)n(C)c1. The monoisotopic (exact) mass is 189 g/mol. The van der Waals surface area contributed by atoms with Crippen molar-refractivity contribution >= 4 is 17.6 Å². The molecule has 0 atom stereocenters. The number of hydrogen-bond acceptors (Lipinski definition) is 2. The van der Waals surface area contributed by atoms with Crippen LogP contribution in [0.25, 0.3) is 0 Å². The van der Waals surface area contributed by atoms with E-state index in [1.165, 1.54) is 7.11 Å². The smallest absolute Gasteiger partial charge is 0.348 e. The molecule has 0 aliphatic carbocycles. The molecule has 1 rings (SSSR count). The van der Waals surface area contributed by atoms with Crippen LogP contribution in [0.2, 0.25) is 5.15 Å². The summed E-state index contributed by atoms with van der Waals surface area (Å²) >= 11 is 5.75. The van der Waals surface area contributed by atoms with E-state index < -0.39 is 0 Å². The van der Waals surface area contributed by atoms with Crippen molar-refractivity contribution in [3.05, 3.63) is 17.7 Å². The van der Waals surface area contributed by atoms with Crippen molar-refractivity contribution in [3.8, 4) is 0 Å². The fourth-order valence-electron chi connectivity index (χ4n) is 0.839. The predicted octanol–water partition coefficient (Wildman–Crippen LogP) is 0.139.